The number of anilines is 1. The van der Waals surface area contributed by atoms with Crippen LogP contribution < -0.4 is 10.2 Å². The highest BCUT2D eigenvalue weighted by molar-refractivity contribution is 7.80. The Labute approximate surface area is 200 Å². The second kappa shape index (κ2) is 8.31. The fourth-order valence-corrected chi connectivity index (χ4v) is 4.47. The maximum Gasteiger partial charge on any atom is 0.270 e. The van der Waals surface area contributed by atoms with Crippen LogP contribution in [0.25, 0.3) is 22.7 Å². The Morgan fingerprint density at radius 1 is 1.03 bits per heavy atom. The predicted octanol–water partition coefficient (Wildman–Crippen LogP) is 4.61. The lowest BCUT2D eigenvalue weighted by Crippen LogP contribution is -2.54. The second-order valence-electron chi connectivity index (χ2n) is 7.95. The average molecular weight is 471 g/mol. The van der Waals surface area contributed by atoms with Gasteiger partial charge in [0.2, 0.25) is 0 Å². The molecule has 34 heavy (non-hydrogen) atoms. The molecule has 2 aromatic carbocycles. The zero-order valence-electron chi connectivity index (χ0n) is 18.4. The van der Waals surface area contributed by atoms with E-state index in [0.29, 0.717) is 5.56 Å². The minimum atomic E-state index is -0.680. The molecule has 8 heteroatoms. The normalized spacial score (nSPS) is 15.3. The first-order valence-electron chi connectivity index (χ1n) is 10.6. The number of carbonyl (C=O) groups is 2. The van der Waals surface area contributed by atoms with Crippen molar-refractivity contribution in [3.05, 3.63) is 95.2 Å². The summed E-state index contributed by atoms with van der Waals surface area (Å²) in [5, 5.41) is 3.34. The van der Waals surface area contributed by atoms with E-state index >= 15 is 0 Å². The Balaban J connectivity index is 1.57. The predicted molar refractivity (Wildman–Crippen MR) is 133 cm³/mol. The Hall–Kier alpha value is -4.17. The molecule has 0 atom stereocenters. The first-order valence-corrected chi connectivity index (χ1v) is 11.0. The molecular weight excluding hydrogens is 451 g/mol. The molecule has 6 nitrogen and oxygen atoms in total. The van der Waals surface area contributed by atoms with Crippen molar-refractivity contribution in [3.63, 3.8) is 0 Å². The number of halogens is 1. The van der Waals surface area contributed by atoms with E-state index in [0.717, 1.165) is 32.9 Å². The van der Waals surface area contributed by atoms with Crippen molar-refractivity contribution >= 4 is 51.8 Å². The fraction of sp³-hybridized carbons (Fsp3) is 0.0769. The summed E-state index contributed by atoms with van der Waals surface area (Å²) in [6, 6.07) is 17.5. The van der Waals surface area contributed by atoms with Crippen molar-refractivity contribution in [1.82, 2.24) is 14.9 Å². The second-order valence-corrected chi connectivity index (χ2v) is 8.34. The Bertz CT molecular complexity index is 1540. The number of pyridine rings is 1. The number of para-hydroxylation sites is 1. The number of fused-ring (bicyclic) bond motifs is 1. The van der Waals surface area contributed by atoms with E-state index in [1.165, 1.54) is 24.3 Å². The third-order valence-electron chi connectivity index (χ3n) is 5.81. The number of hydrogen-bond donors (Lipinski definition) is 1. The third kappa shape index (κ3) is 3.58. The molecule has 0 aliphatic carbocycles. The summed E-state index contributed by atoms with van der Waals surface area (Å²) in [5.74, 6) is -1.91. The minimum Gasteiger partial charge on any atom is -0.318 e. The summed E-state index contributed by atoms with van der Waals surface area (Å²) in [4.78, 5) is 31.3. The lowest BCUT2D eigenvalue weighted by molar-refractivity contribution is -0.122. The highest BCUT2D eigenvalue weighted by Crippen LogP contribution is 2.28. The highest BCUT2D eigenvalue weighted by Gasteiger charge is 2.35. The number of carbonyl (C=O) groups excluding carboxylic acids is 2. The van der Waals surface area contributed by atoms with Gasteiger partial charge < -0.3 is 4.57 Å². The van der Waals surface area contributed by atoms with Crippen LogP contribution in [0, 0.1) is 19.7 Å². The highest BCUT2D eigenvalue weighted by atomic mass is 32.1. The molecule has 0 saturated carbocycles. The van der Waals surface area contributed by atoms with Gasteiger partial charge in [0.25, 0.3) is 11.8 Å². The fourth-order valence-electron chi connectivity index (χ4n) is 4.20. The third-order valence-corrected chi connectivity index (χ3v) is 6.09. The molecule has 1 aliphatic heterocycles. The number of aromatic nitrogens is 2. The first-order chi connectivity index (χ1) is 16.3. The molecule has 2 amide bonds. The molecule has 2 aromatic heterocycles. The molecule has 3 heterocycles. The molecule has 168 valence electrons. The van der Waals surface area contributed by atoms with Crippen molar-refractivity contribution in [2.24, 2.45) is 0 Å². The summed E-state index contributed by atoms with van der Waals surface area (Å²) < 4.78 is 16.4. The van der Waals surface area contributed by atoms with Crippen molar-refractivity contribution in [3.8, 4) is 5.69 Å². The lowest BCUT2D eigenvalue weighted by atomic mass is 10.1. The molecule has 5 rings (SSSR count). The maximum atomic E-state index is 14.4. The van der Waals surface area contributed by atoms with Crippen LogP contribution in [-0.4, -0.2) is 26.5 Å². The van der Waals surface area contributed by atoms with E-state index in [1.54, 1.807) is 12.3 Å². The van der Waals surface area contributed by atoms with Crippen molar-refractivity contribution < 1.29 is 14.0 Å². The lowest BCUT2D eigenvalue weighted by Gasteiger charge is -2.29. The first kappa shape index (κ1) is 21.7. The van der Waals surface area contributed by atoms with Gasteiger partial charge in [-0.05, 0) is 80.2 Å². The summed E-state index contributed by atoms with van der Waals surface area (Å²) >= 11 is 5.16. The number of benzene rings is 2. The largest absolute Gasteiger partial charge is 0.318 e. The Morgan fingerprint density at radius 2 is 1.82 bits per heavy atom. The summed E-state index contributed by atoms with van der Waals surface area (Å²) in [7, 11) is 0. The zero-order chi connectivity index (χ0) is 24.0. The van der Waals surface area contributed by atoms with Crippen LogP contribution >= 0.6 is 12.2 Å². The molecule has 1 fully saturated rings. The molecular formula is C26H19FN4O2S. The zero-order valence-corrected chi connectivity index (χ0v) is 19.2. The Morgan fingerprint density at radius 3 is 2.62 bits per heavy atom. The molecule has 0 radical (unpaired) electrons. The molecule has 0 spiro atoms. The number of hydrogen-bond acceptors (Lipinski definition) is 4. The topological polar surface area (TPSA) is 67.2 Å². The molecule has 1 saturated heterocycles. The van der Waals surface area contributed by atoms with Crippen LogP contribution in [0.15, 0.2) is 72.4 Å². The number of aryl methyl sites for hydroxylation is 1. The van der Waals surface area contributed by atoms with Crippen LogP contribution in [0.2, 0.25) is 0 Å². The SMILES string of the molecule is Cc1cc(/C=C2\C(=O)NC(=S)N(c3ccccc3F)C2=O)c(C)n1-c1ccc2ncccc2c1. The van der Waals surface area contributed by atoms with Gasteiger partial charge in [-0.2, -0.15) is 0 Å². The van der Waals surface area contributed by atoms with E-state index in [9.17, 15) is 14.0 Å². The summed E-state index contributed by atoms with van der Waals surface area (Å²) in [5.41, 5.74) is 4.16. The number of amides is 2. The molecule has 0 unspecified atom stereocenters. The van der Waals surface area contributed by atoms with Crippen LogP contribution in [0.3, 0.4) is 0 Å². The molecule has 0 bridgehead atoms. The van der Waals surface area contributed by atoms with E-state index in [1.807, 2.05) is 54.8 Å². The smallest absolute Gasteiger partial charge is 0.270 e. The van der Waals surface area contributed by atoms with Crippen molar-refractivity contribution in [2.75, 3.05) is 4.90 Å². The number of nitrogens with one attached hydrogen (secondary N) is 1. The summed E-state index contributed by atoms with van der Waals surface area (Å²) in [6.07, 6.45) is 3.27. The van der Waals surface area contributed by atoms with Crippen LogP contribution in [0.5, 0.6) is 0 Å². The Kier molecular flexibility index (Phi) is 5.30. The monoisotopic (exact) mass is 470 g/mol. The number of rotatable bonds is 3. The maximum absolute atomic E-state index is 14.4. The van der Waals surface area contributed by atoms with Gasteiger partial charge in [-0.1, -0.05) is 18.2 Å². The van der Waals surface area contributed by atoms with Gasteiger partial charge in [-0.15, -0.1) is 0 Å². The van der Waals surface area contributed by atoms with Crippen LogP contribution in [-0.2, 0) is 9.59 Å². The van der Waals surface area contributed by atoms with E-state index in [4.69, 9.17) is 12.2 Å². The van der Waals surface area contributed by atoms with Gasteiger partial charge in [0.15, 0.2) is 5.11 Å². The van der Waals surface area contributed by atoms with Gasteiger partial charge in [0.1, 0.15) is 11.4 Å². The van der Waals surface area contributed by atoms with Crippen molar-refractivity contribution in [1.29, 1.82) is 0 Å². The van der Waals surface area contributed by atoms with Gasteiger partial charge in [-0.3, -0.25) is 19.9 Å². The standard InChI is InChI=1S/C26H19FN4O2S/c1-15-12-18(16(2)30(15)19-9-10-22-17(13-19)6-5-11-28-22)14-20-24(32)29-26(34)31(25(20)33)23-8-4-3-7-21(23)27/h3-14H,1-2H3,(H,29,32,34)/b20-14+. The number of thiocarbonyl (C=S) groups is 1. The minimum absolute atomic E-state index is 0.0151. The van der Waals surface area contributed by atoms with Crippen LogP contribution in [0.4, 0.5) is 10.1 Å². The van der Waals surface area contributed by atoms with Gasteiger partial charge >= 0.3 is 0 Å². The molecule has 1 aliphatic rings. The average Bonchev–Trinajstić information content (AvgIpc) is 3.10. The summed E-state index contributed by atoms with van der Waals surface area (Å²) in [6.45, 7) is 3.86. The van der Waals surface area contributed by atoms with Gasteiger partial charge in [0, 0.05) is 28.7 Å². The molecule has 4 aromatic rings. The van der Waals surface area contributed by atoms with E-state index < -0.39 is 17.6 Å². The number of nitrogens with zero attached hydrogens (tertiary/aromatic N) is 3. The van der Waals surface area contributed by atoms with E-state index in [-0.39, 0.29) is 16.4 Å². The van der Waals surface area contributed by atoms with Crippen molar-refractivity contribution in [2.45, 2.75) is 13.8 Å². The quantitative estimate of drug-likeness (QED) is 0.270. The van der Waals surface area contributed by atoms with Gasteiger partial charge in [-0.25, -0.2) is 9.29 Å². The van der Waals surface area contributed by atoms with Crippen LogP contribution in [0.1, 0.15) is 17.0 Å². The molecule has 1 N–H and O–H groups in total. The van der Waals surface area contributed by atoms with E-state index in [2.05, 4.69) is 10.3 Å². The van der Waals surface area contributed by atoms with Gasteiger partial charge in [0.05, 0.1) is 11.2 Å².